The van der Waals surface area contributed by atoms with E-state index in [-0.39, 0.29) is 24.0 Å². The molecule has 3 amide bonds. The fourth-order valence-corrected chi connectivity index (χ4v) is 2.77. The summed E-state index contributed by atoms with van der Waals surface area (Å²) >= 11 is 1.59. The number of nitrogens with one attached hydrogen (secondary N) is 3. The summed E-state index contributed by atoms with van der Waals surface area (Å²) in [6.07, 6.45) is 0.491. The Hall–Kier alpha value is -3.73. The molecule has 2 aromatic rings. The SMILES string of the molecule is CCC(=O)Nc1cc(Oc2cccc(SC)c2)ccc1N=C(NC(=O)OC)NC(=O)OC. The van der Waals surface area contributed by atoms with Gasteiger partial charge in [-0.1, -0.05) is 13.0 Å². The Balaban J connectivity index is 2.42. The zero-order chi connectivity index (χ0) is 23.5. The van der Waals surface area contributed by atoms with Crippen molar-refractivity contribution in [2.75, 3.05) is 25.8 Å². The summed E-state index contributed by atoms with van der Waals surface area (Å²) in [6, 6.07) is 12.3. The molecule has 2 aromatic carbocycles. The van der Waals surface area contributed by atoms with E-state index in [1.54, 1.807) is 36.9 Å². The number of guanidine groups is 1. The van der Waals surface area contributed by atoms with Gasteiger partial charge in [-0.25, -0.2) is 14.6 Å². The van der Waals surface area contributed by atoms with E-state index in [4.69, 9.17) is 4.74 Å². The number of anilines is 1. The van der Waals surface area contributed by atoms with Crippen LogP contribution < -0.4 is 20.7 Å². The van der Waals surface area contributed by atoms with Gasteiger partial charge in [0.25, 0.3) is 0 Å². The minimum atomic E-state index is -0.854. The number of carbonyl (C=O) groups is 3. The molecule has 0 saturated heterocycles. The number of hydrogen-bond acceptors (Lipinski definition) is 8. The molecule has 10 nitrogen and oxygen atoms in total. The Morgan fingerprint density at radius 2 is 1.62 bits per heavy atom. The zero-order valence-corrected chi connectivity index (χ0v) is 18.9. The number of methoxy groups -OCH3 is 2. The molecule has 170 valence electrons. The first kappa shape index (κ1) is 24.5. The lowest BCUT2D eigenvalue weighted by Crippen LogP contribution is -2.43. The van der Waals surface area contributed by atoms with Crippen LogP contribution in [-0.2, 0) is 14.3 Å². The number of carbonyl (C=O) groups excluding carboxylic acids is 3. The van der Waals surface area contributed by atoms with Gasteiger partial charge in [-0.3, -0.25) is 15.4 Å². The molecule has 0 radical (unpaired) electrons. The topological polar surface area (TPSA) is 127 Å². The maximum atomic E-state index is 12.0. The van der Waals surface area contributed by atoms with E-state index >= 15 is 0 Å². The van der Waals surface area contributed by atoms with E-state index in [1.165, 1.54) is 0 Å². The first-order chi connectivity index (χ1) is 15.4. The number of benzene rings is 2. The lowest BCUT2D eigenvalue weighted by molar-refractivity contribution is -0.115. The number of amides is 3. The summed E-state index contributed by atoms with van der Waals surface area (Å²) in [5, 5.41) is 7.28. The molecule has 0 aliphatic heterocycles. The Kier molecular flexibility index (Phi) is 9.36. The van der Waals surface area contributed by atoms with Gasteiger partial charge >= 0.3 is 12.2 Å². The van der Waals surface area contributed by atoms with E-state index in [1.807, 2.05) is 30.5 Å². The van der Waals surface area contributed by atoms with E-state index in [0.29, 0.717) is 17.2 Å². The van der Waals surface area contributed by atoms with Crippen LogP contribution in [0.25, 0.3) is 0 Å². The highest BCUT2D eigenvalue weighted by Crippen LogP contribution is 2.33. The third-order valence-corrected chi connectivity index (χ3v) is 4.61. The molecule has 0 aliphatic rings. The van der Waals surface area contributed by atoms with E-state index in [9.17, 15) is 14.4 Å². The highest BCUT2D eigenvalue weighted by atomic mass is 32.2. The maximum Gasteiger partial charge on any atom is 0.413 e. The van der Waals surface area contributed by atoms with E-state index in [0.717, 1.165) is 19.1 Å². The third-order valence-electron chi connectivity index (χ3n) is 3.88. The van der Waals surface area contributed by atoms with Crippen LogP contribution in [0.15, 0.2) is 52.4 Å². The molecular weight excluding hydrogens is 436 g/mol. The Morgan fingerprint density at radius 3 is 2.22 bits per heavy atom. The number of hydrogen-bond donors (Lipinski definition) is 3. The summed E-state index contributed by atoms with van der Waals surface area (Å²) in [7, 11) is 2.33. The standard InChI is InChI=1S/C21H24N4O6S/c1-5-18(26)22-17-12-14(31-13-7-6-8-15(11-13)32-4)9-10-16(17)23-19(24-20(27)29-2)25-21(28)30-3/h6-12H,5H2,1-4H3,(H,22,26)(H2,23,24,25,27,28). The first-order valence-corrected chi connectivity index (χ1v) is 10.6. The van der Waals surface area contributed by atoms with Crippen molar-refractivity contribution >= 4 is 47.2 Å². The summed E-state index contributed by atoms with van der Waals surface area (Å²) in [5.41, 5.74) is 0.561. The predicted molar refractivity (Wildman–Crippen MR) is 122 cm³/mol. The summed E-state index contributed by atoms with van der Waals surface area (Å²) < 4.78 is 15.0. The van der Waals surface area contributed by atoms with Crippen LogP contribution in [-0.4, -0.2) is 44.5 Å². The number of thioether (sulfide) groups is 1. The van der Waals surface area contributed by atoms with Crippen molar-refractivity contribution in [2.45, 2.75) is 18.2 Å². The highest BCUT2D eigenvalue weighted by molar-refractivity contribution is 7.98. The van der Waals surface area contributed by atoms with Crippen LogP contribution in [0.1, 0.15) is 13.3 Å². The van der Waals surface area contributed by atoms with Crippen LogP contribution >= 0.6 is 11.8 Å². The summed E-state index contributed by atoms with van der Waals surface area (Å²) in [5.74, 6) is 0.571. The molecule has 0 bridgehead atoms. The van der Waals surface area contributed by atoms with Gasteiger partial charge in [0.1, 0.15) is 11.5 Å². The van der Waals surface area contributed by atoms with Crippen molar-refractivity contribution in [1.29, 1.82) is 0 Å². The molecule has 0 fully saturated rings. The minimum Gasteiger partial charge on any atom is -0.457 e. The number of alkyl carbamates (subject to hydrolysis) is 2. The quantitative estimate of drug-likeness (QED) is 0.334. The fourth-order valence-electron chi connectivity index (χ4n) is 2.32. The first-order valence-electron chi connectivity index (χ1n) is 9.43. The monoisotopic (exact) mass is 460 g/mol. The average molecular weight is 461 g/mol. The Morgan fingerprint density at radius 1 is 0.969 bits per heavy atom. The molecule has 0 spiro atoms. The zero-order valence-electron chi connectivity index (χ0n) is 18.1. The summed E-state index contributed by atoms with van der Waals surface area (Å²) in [4.78, 5) is 40.5. The largest absolute Gasteiger partial charge is 0.457 e. The van der Waals surface area contributed by atoms with Crippen LogP contribution in [0.3, 0.4) is 0 Å². The van der Waals surface area contributed by atoms with Crippen LogP contribution in [0.2, 0.25) is 0 Å². The van der Waals surface area contributed by atoms with Crippen molar-refractivity contribution in [1.82, 2.24) is 10.6 Å². The van der Waals surface area contributed by atoms with Crippen molar-refractivity contribution in [3.8, 4) is 11.5 Å². The second kappa shape index (κ2) is 12.2. The molecule has 0 unspecified atom stereocenters. The van der Waals surface area contributed by atoms with Gasteiger partial charge in [0.15, 0.2) is 0 Å². The van der Waals surface area contributed by atoms with Crippen molar-refractivity contribution in [2.24, 2.45) is 4.99 Å². The van der Waals surface area contributed by atoms with Crippen LogP contribution in [0.4, 0.5) is 21.0 Å². The number of rotatable bonds is 6. The summed E-state index contributed by atoms with van der Waals surface area (Å²) in [6.45, 7) is 1.70. The van der Waals surface area contributed by atoms with Crippen molar-refractivity contribution in [3.05, 3.63) is 42.5 Å². The molecule has 11 heteroatoms. The van der Waals surface area contributed by atoms with Crippen LogP contribution in [0.5, 0.6) is 11.5 Å². The van der Waals surface area contributed by atoms with Gasteiger partial charge in [-0.2, -0.15) is 0 Å². The Labute approximate surface area is 189 Å². The number of ether oxygens (including phenoxy) is 3. The molecular formula is C21H24N4O6S. The third kappa shape index (κ3) is 7.51. The molecule has 0 aliphatic carbocycles. The number of aliphatic imine (C=N–C) groups is 1. The van der Waals surface area contributed by atoms with E-state index < -0.39 is 12.2 Å². The van der Waals surface area contributed by atoms with Gasteiger partial charge in [0, 0.05) is 17.4 Å². The molecule has 32 heavy (non-hydrogen) atoms. The van der Waals surface area contributed by atoms with Gasteiger partial charge in [-0.15, -0.1) is 11.8 Å². The molecule has 0 saturated carbocycles. The number of nitrogens with zero attached hydrogens (tertiary/aromatic N) is 1. The lowest BCUT2D eigenvalue weighted by atomic mass is 10.2. The predicted octanol–water partition coefficient (Wildman–Crippen LogP) is 4.25. The van der Waals surface area contributed by atoms with Gasteiger partial charge in [0.2, 0.25) is 11.9 Å². The maximum absolute atomic E-state index is 12.0. The molecule has 0 heterocycles. The van der Waals surface area contributed by atoms with Gasteiger partial charge in [0.05, 0.1) is 25.6 Å². The van der Waals surface area contributed by atoms with Crippen molar-refractivity contribution < 1.29 is 28.6 Å². The second-order valence-corrected chi connectivity index (χ2v) is 6.93. The van der Waals surface area contributed by atoms with E-state index in [2.05, 4.69) is 30.4 Å². The fraction of sp³-hybridized carbons (Fsp3) is 0.238. The highest BCUT2D eigenvalue weighted by Gasteiger charge is 2.14. The smallest absolute Gasteiger partial charge is 0.413 e. The normalized spacial score (nSPS) is 9.88. The molecule has 3 N–H and O–H groups in total. The minimum absolute atomic E-state index is 0.234. The molecule has 0 aromatic heterocycles. The van der Waals surface area contributed by atoms with Crippen LogP contribution in [0, 0.1) is 0 Å². The van der Waals surface area contributed by atoms with Gasteiger partial charge < -0.3 is 19.5 Å². The van der Waals surface area contributed by atoms with Gasteiger partial charge in [-0.05, 0) is 36.6 Å². The average Bonchev–Trinajstić information content (AvgIpc) is 2.80. The molecule has 0 atom stereocenters. The second-order valence-electron chi connectivity index (χ2n) is 6.06. The lowest BCUT2D eigenvalue weighted by Gasteiger charge is -2.13. The Bertz CT molecular complexity index is 992. The van der Waals surface area contributed by atoms with Crippen molar-refractivity contribution in [3.63, 3.8) is 0 Å². The molecule has 2 rings (SSSR count).